The molecule has 0 aliphatic heterocycles. The summed E-state index contributed by atoms with van der Waals surface area (Å²) in [6.45, 7) is 3.96. The molecule has 0 radical (unpaired) electrons. The van der Waals surface area contributed by atoms with Gasteiger partial charge in [-0.15, -0.1) is 0 Å². The number of carbonyl (C=O) groups is 1. The van der Waals surface area contributed by atoms with Gasteiger partial charge in [-0.3, -0.25) is 4.79 Å². The van der Waals surface area contributed by atoms with Crippen LogP contribution in [0.2, 0.25) is 0 Å². The molecule has 2 atom stereocenters. The Balaban J connectivity index is 2.30. The van der Waals surface area contributed by atoms with Gasteiger partial charge in [-0.25, -0.2) is 0 Å². The smallest absolute Gasteiger partial charge is 0.306 e. The van der Waals surface area contributed by atoms with Gasteiger partial charge in [0.05, 0.1) is 18.1 Å². The fourth-order valence-corrected chi connectivity index (χ4v) is 1.67. The molecule has 0 unspecified atom stereocenters. The molecule has 70 valence electrons. The molecule has 1 aliphatic rings. The maximum atomic E-state index is 10.6. The summed E-state index contributed by atoms with van der Waals surface area (Å²) in [6, 6.07) is 0. The van der Waals surface area contributed by atoms with Crippen LogP contribution in [-0.2, 0) is 9.53 Å². The third-order valence-electron chi connectivity index (χ3n) is 2.20. The minimum atomic E-state index is -0.676. The van der Waals surface area contributed by atoms with Crippen molar-refractivity contribution in [2.24, 2.45) is 5.92 Å². The summed E-state index contributed by atoms with van der Waals surface area (Å²) >= 11 is 0. The van der Waals surface area contributed by atoms with E-state index < -0.39 is 5.97 Å². The average molecular weight is 172 g/mol. The highest BCUT2D eigenvalue weighted by molar-refractivity contribution is 5.70. The minimum absolute atomic E-state index is 0.172. The van der Waals surface area contributed by atoms with Crippen molar-refractivity contribution in [1.82, 2.24) is 0 Å². The summed E-state index contributed by atoms with van der Waals surface area (Å²) in [6.07, 6.45) is 2.74. The van der Waals surface area contributed by atoms with Gasteiger partial charge in [0, 0.05) is 0 Å². The highest BCUT2D eigenvalue weighted by Gasteiger charge is 2.30. The molecule has 12 heavy (non-hydrogen) atoms. The number of ether oxygens (including phenoxy) is 1. The number of hydrogen-bond donors (Lipinski definition) is 1. The number of carboxylic acid groups (broad SMARTS) is 1. The summed E-state index contributed by atoms with van der Waals surface area (Å²) in [4.78, 5) is 10.6. The lowest BCUT2D eigenvalue weighted by molar-refractivity contribution is -0.141. The van der Waals surface area contributed by atoms with Crippen LogP contribution in [0.1, 0.15) is 33.1 Å². The summed E-state index contributed by atoms with van der Waals surface area (Å²) in [7, 11) is 0. The van der Waals surface area contributed by atoms with Crippen molar-refractivity contribution < 1.29 is 14.6 Å². The van der Waals surface area contributed by atoms with Crippen molar-refractivity contribution in [3.63, 3.8) is 0 Å². The second kappa shape index (κ2) is 3.90. The molecular formula is C9H16O3. The van der Waals surface area contributed by atoms with Gasteiger partial charge in [-0.05, 0) is 33.1 Å². The third kappa shape index (κ3) is 2.48. The van der Waals surface area contributed by atoms with Crippen LogP contribution in [0.15, 0.2) is 0 Å². The van der Waals surface area contributed by atoms with Crippen LogP contribution in [0.4, 0.5) is 0 Å². The van der Waals surface area contributed by atoms with E-state index in [-0.39, 0.29) is 18.1 Å². The molecule has 0 aromatic carbocycles. The van der Waals surface area contributed by atoms with Crippen LogP contribution in [0.5, 0.6) is 0 Å². The minimum Gasteiger partial charge on any atom is -0.481 e. The molecule has 0 amide bonds. The van der Waals surface area contributed by atoms with E-state index in [9.17, 15) is 4.79 Å². The molecule has 0 aromatic heterocycles. The first kappa shape index (κ1) is 9.52. The molecule has 1 saturated carbocycles. The molecule has 3 nitrogen and oxygen atoms in total. The van der Waals surface area contributed by atoms with E-state index in [2.05, 4.69) is 0 Å². The highest BCUT2D eigenvalue weighted by Crippen LogP contribution is 2.28. The van der Waals surface area contributed by atoms with E-state index in [1.54, 1.807) is 0 Å². The standard InChI is InChI=1S/C9H16O3/c1-6(2)12-8-4-3-7(5-8)9(10)11/h6-8H,3-5H2,1-2H3,(H,10,11)/t7-,8-/m0/s1. The molecule has 0 spiro atoms. The molecule has 1 aliphatic carbocycles. The third-order valence-corrected chi connectivity index (χ3v) is 2.20. The van der Waals surface area contributed by atoms with Crippen molar-refractivity contribution in [2.45, 2.75) is 45.3 Å². The van der Waals surface area contributed by atoms with Gasteiger partial charge in [-0.2, -0.15) is 0 Å². The lowest BCUT2D eigenvalue weighted by atomic mass is 10.1. The normalized spacial score (nSPS) is 29.6. The zero-order chi connectivity index (χ0) is 9.14. The molecule has 1 N–H and O–H groups in total. The number of aliphatic carboxylic acids is 1. The van der Waals surface area contributed by atoms with Crippen molar-refractivity contribution in [3.8, 4) is 0 Å². The van der Waals surface area contributed by atoms with Gasteiger partial charge in [0.2, 0.25) is 0 Å². The zero-order valence-corrected chi connectivity index (χ0v) is 7.62. The SMILES string of the molecule is CC(C)O[C@H]1CC[C@H](C(=O)O)C1. The first-order chi connectivity index (χ1) is 5.59. The first-order valence-corrected chi connectivity index (χ1v) is 4.48. The van der Waals surface area contributed by atoms with Crippen LogP contribution in [0, 0.1) is 5.92 Å². The lowest BCUT2D eigenvalue weighted by Gasteiger charge is -2.14. The van der Waals surface area contributed by atoms with Gasteiger partial charge < -0.3 is 9.84 Å². The fraction of sp³-hybridized carbons (Fsp3) is 0.889. The Labute approximate surface area is 72.7 Å². The van der Waals surface area contributed by atoms with Gasteiger partial charge in [-0.1, -0.05) is 0 Å². The summed E-state index contributed by atoms with van der Waals surface area (Å²) in [5, 5.41) is 8.71. The topological polar surface area (TPSA) is 46.5 Å². The van der Waals surface area contributed by atoms with Crippen molar-refractivity contribution in [3.05, 3.63) is 0 Å². The maximum Gasteiger partial charge on any atom is 0.306 e. The van der Waals surface area contributed by atoms with Crippen LogP contribution in [-0.4, -0.2) is 23.3 Å². The second-order valence-electron chi connectivity index (χ2n) is 3.66. The molecule has 0 heterocycles. The molecule has 3 heteroatoms. The lowest BCUT2D eigenvalue weighted by Crippen LogP contribution is -2.16. The van der Waals surface area contributed by atoms with Crippen molar-refractivity contribution in [2.75, 3.05) is 0 Å². The Bertz CT molecular complexity index is 165. The maximum absolute atomic E-state index is 10.6. The van der Waals surface area contributed by atoms with Crippen LogP contribution in [0.3, 0.4) is 0 Å². The molecular weight excluding hydrogens is 156 g/mol. The Hall–Kier alpha value is -0.570. The Kier molecular flexibility index (Phi) is 3.09. The predicted octanol–water partition coefficient (Wildman–Crippen LogP) is 1.66. The summed E-state index contributed by atoms with van der Waals surface area (Å²) in [5.74, 6) is -0.849. The second-order valence-corrected chi connectivity index (χ2v) is 3.66. The predicted molar refractivity (Wildman–Crippen MR) is 45.0 cm³/mol. The fourth-order valence-electron chi connectivity index (χ4n) is 1.67. The average Bonchev–Trinajstić information content (AvgIpc) is 2.34. The van der Waals surface area contributed by atoms with Crippen molar-refractivity contribution >= 4 is 5.97 Å². The molecule has 0 bridgehead atoms. The summed E-state index contributed by atoms with van der Waals surface area (Å²) in [5.41, 5.74) is 0. The van der Waals surface area contributed by atoms with E-state index in [0.717, 1.165) is 12.8 Å². The van der Waals surface area contributed by atoms with E-state index in [0.29, 0.717) is 6.42 Å². The summed E-state index contributed by atoms with van der Waals surface area (Å²) < 4.78 is 5.53. The van der Waals surface area contributed by atoms with Crippen LogP contribution in [0.25, 0.3) is 0 Å². The largest absolute Gasteiger partial charge is 0.481 e. The van der Waals surface area contributed by atoms with E-state index >= 15 is 0 Å². The molecule has 0 aromatic rings. The zero-order valence-electron chi connectivity index (χ0n) is 7.62. The number of hydrogen-bond acceptors (Lipinski definition) is 2. The van der Waals surface area contributed by atoms with Gasteiger partial charge >= 0.3 is 5.97 Å². The first-order valence-electron chi connectivity index (χ1n) is 4.48. The van der Waals surface area contributed by atoms with E-state index in [1.807, 2.05) is 13.8 Å². The Morgan fingerprint density at radius 2 is 2.17 bits per heavy atom. The Morgan fingerprint density at radius 3 is 2.58 bits per heavy atom. The molecule has 0 saturated heterocycles. The van der Waals surface area contributed by atoms with Crippen LogP contribution >= 0.6 is 0 Å². The van der Waals surface area contributed by atoms with E-state index in [1.165, 1.54) is 0 Å². The van der Waals surface area contributed by atoms with Gasteiger partial charge in [0.25, 0.3) is 0 Å². The molecule has 1 rings (SSSR count). The number of carboxylic acids is 1. The van der Waals surface area contributed by atoms with Gasteiger partial charge in [0.1, 0.15) is 0 Å². The van der Waals surface area contributed by atoms with Crippen LogP contribution < -0.4 is 0 Å². The van der Waals surface area contributed by atoms with E-state index in [4.69, 9.17) is 9.84 Å². The van der Waals surface area contributed by atoms with Crippen molar-refractivity contribution in [1.29, 1.82) is 0 Å². The van der Waals surface area contributed by atoms with Gasteiger partial charge in [0.15, 0.2) is 0 Å². The highest BCUT2D eigenvalue weighted by atomic mass is 16.5. The Morgan fingerprint density at radius 1 is 1.50 bits per heavy atom. The monoisotopic (exact) mass is 172 g/mol. The quantitative estimate of drug-likeness (QED) is 0.704. The number of rotatable bonds is 3. The molecule has 1 fully saturated rings.